The highest BCUT2D eigenvalue weighted by molar-refractivity contribution is 5.83. The highest BCUT2D eigenvalue weighted by Gasteiger charge is 2.36. The first-order chi connectivity index (χ1) is 11.9. The number of carbonyl (C=O) groups is 2. The molecule has 0 spiro atoms. The summed E-state index contributed by atoms with van der Waals surface area (Å²) in [5.41, 5.74) is -0.120. The van der Waals surface area contributed by atoms with Crippen molar-refractivity contribution >= 4 is 11.8 Å². The van der Waals surface area contributed by atoms with E-state index in [1.54, 1.807) is 23.6 Å². The number of nitrogens with one attached hydrogen (secondary N) is 1. The number of rotatable bonds is 4. The van der Waals surface area contributed by atoms with Gasteiger partial charge < -0.3 is 10.2 Å². The molecule has 138 valence electrons. The number of amides is 2. The van der Waals surface area contributed by atoms with E-state index in [1.807, 2.05) is 0 Å². The van der Waals surface area contributed by atoms with Crippen molar-refractivity contribution in [1.82, 2.24) is 24.6 Å². The van der Waals surface area contributed by atoms with Crippen LogP contribution in [0.3, 0.4) is 0 Å². The van der Waals surface area contributed by atoms with Crippen LogP contribution in [0.15, 0.2) is 4.79 Å². The maximum absolute atomic E-state index is 12.5. The van der Waals surface area contributed by atoms with Gasteiger partial charge in [-0.25, -0.2) is 9.48 Å². The highest BCUT2D eigenvalue weighted by atomic mass is 16.2. The van der Waals surface area contributed by atoms with E-state index in [1.165, 1.54) is 11.6 Å². The zero-order chi connectivity index (χ0) is 18.1. The molecule has 2 aliphatic rings. The molecule has 1 N–H and O–H groups in total. The first-order valence-electron chi connectivity index (χ1n) is 9.01. The number of likely N-dealkylation sites (tertiary alicyclic amines) is 1. The summed E-state index contributed by atoms with van der Waals surface area (Å²) >= 11 is 0. The quantitative estimate of drug-likeness (QED) is 0.816. The summed E-state index contributed by atoms with van der Waals surface area (Å²) in [4.78, 5) is 37.3. The Morgan fingerprint density at radius 3 is 2.48 bits per heavy atom. The zero-order valence-corrected chi connectivity index (χ0v) is 15.2. The Morgan fingerprint density at radius 2 is 1.88 bits per heavy atom. The topological polar surface area (TPSA) is 89.2 Å². The minimum Gasteiger partial charge on any atom is -0.353 e. The van der Waals surface area contributed by atoms with Crippen LogP contribution in [0.4, 0.5) is 0 Å². The maximum atomic E-state index is 12.5. The van der Waals surface area contributed by atoms with Gasteiger partial charge in [0.25, 0.3) is 0 Å². The van der Waals surface area contributed by atoms with E-state index in [2.05, 4.69) is 10.4 Å². The second kappa shape index (κ2) is 7.01. The molecule has 8 nitrogen and oxygen atoms in total. The average Bonchev–Trinajstić information content (AvgIpc) is 2.74. The van der Waals surface area contributed by atoms with Crippen LogP contribution in [0.1, 0.15) is 38.4 Å². The fourth-order valence-electron chi connectivity index (χ4n) is 3.87. The van der Waals surface area contributed by atoms with Crippen LogP contribution in [0.25, 0.3) is 0 Å². The third-order valence-electron chi connectivity index (χ3n) is 5.60. The van der Waals surface area contributed by atoms with E-state index in [4.69, 9.17) is 0 Å². The van der Waals surface area contributed by atoms with Gasteiger partial charge in [0.1, 0.15) is 5.82 Å². The van der Waals surface area contributed by atoms with Crippen LogP contribution in [0, 0.1) is 11.8 Å². The number of carbonyl (C=O) groups excluding carboxylic acids is 2. The van der Waals surface area contributed by atoms with Gasteiger partial charge >= 0.3 is 5.69 Å². The fourth-order valence-corrected chi connectivity index (χ4v) is 3.87. The summed E-state index contributed by atoms with van der Waals surface area (Å²) in [5, 5.41) is 7.51. The minimum atomic E-state index is -0.120. The summed E-state index contributed by atoms with van der Waals surface area (Å²) in [6, 6.07) is 0.115. The SMILES string of the molecule is CC(=O)N1CC(C(=O)N[C@@H]2CCCC[C@@H]2Cc2nn(C)c(=O)n2C)C1. The van der Waals surface area contributed by atoms with E-state index < -0.39 is 0 Å². The Kier molecular flexibility index (Phi) is 4.96. The van der Waals surface area contributed by atoms with Crippen molar-refractivity contribution < 1.29 is 9.59 Å². The third-order valence-corrected chi connectivity index (χ3v) is 5.60. The van der Waals surface area contributed by atoms with E-state index >= 15 is 0 Å². The molecule has 8 heteroatoms. The smallest absolute Gasteiger partial charge is 0.345 e. The van der Waals surface area contributed by atoms with Crippen molar-refractivity contribution in [1.29, 1.82) is 0 Å². The van der Waals surface area contributed by atoms with Crippen molar-refractivity contribution in [2.45, 2.75) is 45.1 Å². The van der Waals surface area contributed by atoms with Crippen molar-refractivity contribution in [2.24, 2.45) is 25.9 Å². The monoisotopic (exact) mass is 349 g/mol. The lowest BCUT2D eigenvalue weighted by Crippen LogP contribution is -2.57. The second-order valence-corrected chi connectivity index (χ2v) is 7.37. The normalized spacial score (nSPS) is 24.0. The van der Waals surface area contributed by atoms with E-state index in [0.29, 0.717) is 25.4 Å². The molecule has 2 fully saturated rings. The maximum Gasteiger partial charge on any atom is 0.345 e. The first kappa shape index (κ1) is 17.7. The lowest BCUT2D eigenvalue weighted by atomic mass is 9.81. The summed E-state index contributed by atoms with van der Waals surface area (Å²) in [6.45, 7) is 2.57. The minimum absolute atomic E-state index is 0.0238. The predicted molar refractivity (Wildman–Crippen MR) is 91.8 cm³/mol. The summed E-state index contributed by atoms with van der Waals surface area (Å²) < 4.78 is 2.95. The van der Waals surface area contributed by atoms with Crippen LogP contribution in [0.5, 0.6) is 0 Å². The van der Waals surface area contributed by atoms with E-state index in [-0.39, 0.29) is 29.5 Å². The number of nitrogens with zero attached hydrogens (tertiary/aromatic N) is 4. The molecular weight excluding hydrogens is 322 g/mol. The van der Waals surface area contributed by atoms with Crippen LogP contribution in [0.2, 0.25) is 0 Å². The highest BCUT2D eigenvalue weighted by Crippen LogP contribution is 2.28. The van der Waals surface area contributed by atoms with Gasteiger partial charge in [0.05, 0.1) is 5.92 Å². The zero-order valence-electron chi connectivity index (χ0n) is 15.2. The lowest BCUT2D eigenvalue weighted by Gasteiger charge is -2.39. The van der Waals surface area contributed by atoms with Gasteiger partial charge in [0.2, 0.25) is 11.8 Å². The molecule has 0 unspecified atom stereocenters. The molecule has 1 saturated carbocycles. The molecule has 2 atom stereocenters. The molecule has 1 aromatic heterocycles. The molecule has 1 aromatic rings. The molecule has 1 aliphatic heterocycles. The van der Waals surface area contributed by atoms with E-state index in [9.17, 15) is 14.4 Å². The van der Waals surface area contributed by atoms with Crippen LogP contribution < -0.4 is 11.0 Å². The van der Waals surface area contributed by atoms with Gasteiger partial charge in [0, 0.05) is 46.6 Å². The van der Waals surface area contributed by atoms with E-state index in [0.717, 1.165) is 31.5 Å². The number of hydrogen-bond acceptors (Lipinski definition) is 4. The Hall–Kier alpha value is -2.12. The van der Waals surface area contributed by atoms with Gasteiger partial charge in [0.15, 0.2) is 0 Å². The number of aromatic nitrogens is 3. The molecule has 1 aliphatic carbocycles. The molecular formula is C17H27N5O3. The van der Waals surface area contributed by atoms with Gasteiger partial charge in [-0.1, -0.05) is 12.8 Å². The molecule has 0 aromatic carbocycles. The van der Waals surface area contributed by atoms with Crippen molar-refractivity contribution in [3.63, 3.8) is 0 Å². The Morgan fingerprint density at radius 1 is 1.20 bits per heavy atom. The van der Waals surface area contributed by atoms with Crippen LogP contribution in [-0.2, 0) is 30.1 Å². The standard InChI is InChI=1S/C17H27N5O3/c1-11(23)22-9-13(10-22)16(24)18-14-7-5-4-6-12(14)8-15-19-21(3)17(25)20(15)2/h12-14H,4-10H2,1-3H3,(H,18,24)/t12-,14-/m1/s1. The van der Waals surface area contributed by atoms with Gasteiger partial charge in [-0.15, -0.1) is 0 Å². The molecule has 2 amide bonds. The molecule has 0 bridgehead atoms. The predicted octanol–water partition coefficient (Wildman–Crippen LogP) is -0.185. The number of aryl methyl sites for hydroxylation is 1. The molecule has 2 heterocycles. The molecule has 25 heavy (non-hydrogen) atoms. The Bertz CT molecular complexity index is 716. The molecule has 1 saturated heterocycles. The lowest BCUT2D eigenvalue weighted by molar-refractivity contribution is -0.141. The van der Waals surface area contributed by atoms with Crippen molar-refractivity contribution in [3.8, 4) is 0 Å². The fraction of sp³-hybridized carbons (Fsp3) is 0.765. The third kappa shape index (κ3) is 3.62. The van der Waals surface area contributed by atoms with Gasteiger partial charge in [-0.3, -0.25) is 14.2 Å². The van der Waals surface area contributed by atoms with Crippen molar-refractivity contribution in [2.75, 3.05) is 13.1 Å². The van der Waals surface area contributed by atoms with Crippen LogP contribution in [-0.4, -0.2) is 50.2 Å². The summed E-state index contributed by atoms with van der Waals surface area (Å²) in [5.74, 6) is 1.04. The van der Waals surface area contributed by atoms with Crippen LogP contribution >= 0.6 is 0 Å². The van der Waals surface area contributed by atoms with Crippen molar-refractivity contribution in [3.05, 3.63) is 16.3 Å². The Labute approximate surface area is 147 Å². The average molecular weight is 349 g/mol. The number of hydrogen-bond donors (Lipinski definition) is 1. The molecule has 3 rings (SSSR count). The Balaban J connectivity index is 1.61. The van der Waals surface area contributed by atoms with Gasteiger partial charge in [-0.2, -0.15) is 5.10 Å². The molecule has 0 radical (unpaired) electrons. The first-order valence-corrected chi connectivity index (χ1v) is 9.01. The second-order valence-electron chi connectivity index (χ2n) is 7.37. The summed E-state index contributed by atoms with van der Waals surface area (Å²) in [7, 11) is 3.40. The summed E-state index contributed by atoms with van der Waals surface area (Å²) in [6.07, 6.45) is 4.92. The largest absolute Gasteiger partial charge is 0.353 e. The van der Waals surface area contributed by atoms with Gasteiger partial charge in [-0.05, 0) is 18.8 Å².